The molecule has 0 aliphatic carbocycles. The van der Waals surface area contributed by atoms with Gasteiger partial charge >= 0.3 is 6.18 Å². The summed E-state index contributed by atoms with van der Waals surface area (Å²) in [6.45, 7) is 0. The van der Waals surface area contributed by atoms with Crippen molar-refractivity contribution in [2.24, 2.45) is 0 Å². The average molecular weight is 462 g/mol. The summed E-state index contributed by atoms with van der Waals surface area (Å²) in [5.74, 6) is 0.900. The van der Waals surface area contributed by atoms with Crippen LogP contribution in [0.2, 0.25) is 0 Å². The van der Waals surface area contributed by atoms with Crippen LogP contribution in [0.3, 0.4) is 0 Å². The van der Waals surface area contributed by atoms with Gasteiger partial charge in [-0.25, -0.2) is 13.1 Å². The van der Waals surface area contributed by atoms with Crippen LogP contribution in [0.1, 0.15) is 5.69 Å². The lowest BCUT2D eigenvalue weighted by Gasteiger charge is -2.12. The lowest BCUT2D eigenvalue weighted by molar-refractivity contribution is -0.141. The Hall–Kier alpha value is -3.53. The smallest absolute Gasteiger partial charge is 0.435 e. The maximum absolute atomic E-state index is 13.5. The van der Waals surface area contributed by atoms with Crippen molar-refractivity contribution in [1.29, 1.82) is 0 Å². The van der Waals surface area contributed by atoms with Crippen molar-refractivity contribution in [2.75, 3.05) is 13.4 Å². The molecule has 4 rings (SSSR count). The molecule has 10 heteroatoms. The summed E-state index contributed by atoms with van der Waals surface area (Å²) < 4.78 is 75.8. The number of ether oxygens (including phenoxy) is 1. The number of hydrogen-bond donors (Lipinski definition) is 0. The Balaban J connectivity index is 1.88. The fourth-order valence-electron chi connectivity index (χ4n) is 3.24. The van der Waals surface area contributed by atoms with Crippen LogP contribution in [0, 0.1) is 0 Å². The minimum Gasteiger partial charge on any atom is -0.496 e. The Morgan fingerprint density at radius 3 is 2.31 bits per heavy atom. The summed E-state index contributed by atoms with van der Waals surface area (Å²) >= 11 is 0. The second kappa shape index (κ2) is 7.86. The van der Waals surface area contributed by atoms with Gasteiger partial charge in [-0.05, 0) is 54.6 Å². The highest BCUT2D eigenvalue weighted by atomic mass is 32.2. The number of benzene rings is 2. The summed E-state index contributed by atoms with van der Waals surface area (Å²) in [6.07, 6.45) is -2.11. The maximum atomic E-state index is 13.5. The van der Waals surface area contributed by atoms with Gasteiger partial charge in [0.05, 0.1) is 29.6 Å². The molecule has 2 aromatic carbocycles. The van der Waals surface area contributed by atoms with Crippen molar-refractivity contribution in [3.63, 3.8) is 0 Å². The van der Waals surface area contributed by atoms with Crippen molar-refractivity contribution < 1.29 is 30.7 Å². The Morgan fingerprint density at radius 2 is 1.75 bits per heavy atom. The number of sulfone groups is 1. The van der Waals surface area contributed by atoms with E-state index in [1.54, 1.807) is 30.3 Å². The Morgan fingerprint density at radius 1 is 1.03 bits per heavy atom. The van der Waals surface area contributed by atoms with Gasteiger partial charge in [0.15, 0.2) is 15.5 Å². The number of halogens is 3. The predicted octanol–water partition coefficient (Wildman–Crippen LogP) is 5.23. The van der Waals surface area contributed by atoms with Gasteiger partial charge < -0.3 is 9.15 Å². The molecule has 0 atom stereocenters. The fraction of sp³-hybridized carbons (Fsp3) is 0.136. The van der Waals surface area contributed by atoms with Gasteiger partial charge in [-0.3, -0.25) is 0 Å². The van der Waals surface area contributed by atoms with Crippen molar-refractivity contribution in [3.8, 4) is 34.0 Å². The zero-order valence-corrected chi connectivity index (χ0v) is 17.7. The molecule has 0 bridgehead atoms. The number of alkyl halides is 3. The summed E-state index contributed by atoms with van der Waals surface area (Å²) in [4.78, 5) is 0.0476. The summed E-state index contributed by atoms with van der Waals surface area (Å²) in [7, 11) is -2.04. The third-order valence-electron chi connectivity index (χ3n) is 4.79. The van der Waals surface area contributed by atoms with Crippen molar-refractivity contribution in [1.82, 2.24) is 9.78 Å². The molecular formula is C22H17F3N2O4S. The van der Waals surface area contributed by atoms with Gasteiger partial charge in [0.1, 0.15) is 11.5 Å². The largest absolute Gasteiger partial charge is 0.496 e. The van der Waals surface area contributed by atoms with E-state index < -0.39 is 21.7 Å². The van der Waals surface area contributed by atoms with Crippen LogP contribution in [0.25, 0.3) is 28.3 Å². The van der Waals surface area contributed by atoms with Gasteiger partial charge in [-0.15, -0.1) is 0 Å². The number of hydrogen-bond acceptors (Lipinski definition) is 5. The molecule has 0 radical (unpaired) electrons. The molecule has 32 heavy (non-hydrogen) atoms. The second-order valence-electron chi connectivity index (χ2n) is 6.98. The lowest BCUT2D eigenvalue weighted by atomic mass is 10.1. The molecule has 0 fully saturated rings. The van der Waals surface area contributed by atoms with Crippen LogP contribution >= 0.6 is 0 Å². The van der Waals surface area contributed by atoms with E-state index in [1.165, 1.54) is 37.6 Å². The lowest BCUT2D eigenvalue weighted by Crippen LogP contribution is -2.07. The Labute approximate surface area is 181 Å². The summed E-state index contributed by atoms with van der Waals surface area (Å²) in [5, 5.41) is 3.74. The predicted molar refractivity (Wildman–Crippen MR) is 111 cm³/mol. The number of methoxy groups -OCH3 is 1. The van der Waals surface area contributed by atoms with Crippen LogP contribution in [0.4, 0.5) is 13.2 Å². The Kier molecular flexibility index (Phi) is 5.33. The normalized spacial score (nSPS) is 12.2. The van der Waals surface area contributed by atoms with E-state index in [4.69, 9.17) is 9.15 Å². The van der Waals surface area contributed by atoms with Gasteiger partial charge in [0, 0.05) is 17.4 Å². The quantitative estimate of drug-likeness (QED) is 0.406. The maximum Gasteiger partial charge on any atom is 0.435 e. The van der Waals surface area contributed by atoms with E-state index in [2.05, 4.69) is 5.10 Å². The van der Waals surface area contributed by atoms with Crippen LogP contribution in [0.15, 0.2) is 76.2 Å². The highest BCUT2D eigenvalue weighted by molar-refractivity contribution is 7.90. The van der Waals surface area contributed by atoms with E-state index in [9.17, 15) is 21.6 Å². The monoisotopic (exact) mass is 462 g/mol. The van der Waals surface area contributed by atoms with Crippen LogP contribution in [-0.2, 0) is 16.0 Å². The number of nitrogens with zero attached hydrogens (tertiary/aromatic N) is 2. The van der Waals surface area contributed by atoms with Crippen molar-refractivity contribution in [3.05, 3.63) is 72.6 Å². The van der Waals surface area contributed by atoms with Crippen LogP contribution in [0.5, 0.6) is 5.75 Å². The average Bonchev–Trinajstić information content (AvgIpc) is 3.43. The SMILES string of the molecule is COc1cc(-c2ccco2)ccc1-c1cc(C(F)(F)F)nn1-c1ccc(S(C)(=O)=O)cc1. The molecule has 0 aliphatic heterocycles. The zero-order chi connectivity index (χ0) is 23.1. The molecule has 0 saturated carbocycles. The molecule has 4 aromatic rings. The highest BCUT2D eigenvalue weighted by Gasteiger charge is 2.35. The molecule has 166 valence electrons. The fourth-order valence-corrected chi connectivity index (χ4v) is 3.87. The minimum atomic E-state index is -4.67. The molecule has 6 nitrogen and oxygen atoms in total. The number of rotatable bonds is 5. The molecular weight excluding hydrogens is 445 g/mol. The third-order valence-corrected chi connectivity index (χ3v) is 5.92. The molecule has 0 saturated heterocycles. The highest BCUT2D eigenvalue weighted by Crippen LogP contribution is 2.38. The number of aromatic nitrogens is 2. The van der Waals surface area contributed by atoms with E-state index >= 15 is 0 Å². The topological polar surface area (TPSA) is 74.3 Å². The molecule has 0 amide bonds. The standard InChI is InChI=1S/C22H17F3N2O4S/c1-30-20-12-14(19-4-3-11-31-19)5-10-17(20)18-13-21(22(23,24)25)26-27(18)15-6-8-16(9-7-15)32(2,28)29/h3-13H,1-2H3. The molecule has 0 unspecified atom stereocenters. The first-order valence-electron chi connectivity index (χ1n) is 9.28. The van der Waals surface area contributed by atoms with Crippen molar-refractivity contribution >= 4 is 9.84 Å². The van der Waals surface area contributed by atoms with E-state index in [1.807, 2.05) is 0 Å². The zero-order valence-electron chi connectivity index (χ0n) is 16.9. The first-order chi connectivity index (χ1) is 15.1. The van der Waals surface area contributed by atoms with E-state index in [-0.39, 0.29) is 16.3 Å². The Bertz CT molecular complexity index is 1360. The summed E-state index contributed by atoms with van der Waals surface area (Å²) in [6, 6.07) is 14.8. The van der Waals surface area contributed by atoms with Gasteiger partial charge in [-0.1, -0.05) is 6.07 Å². The van der Waals surface area contributed by atoms with Crippen LogP contribution in [-0.4, -0.2) is 31.6 Å². The summed E-state index contributed by atoms with van der Waals surface area (Å²) in [5.41, 5.74) is 0.373. The molecule has 2 heterocycles. The van der Waals surface area contributed by atoms with E-state index in [0.717, 1.165) is 17.0 Å². The minimum absolute atomic E-state index is 0.0476. The molecule has 0 N–H and O–H groups in total. The molecule has 0 aliphatic rings. The first kappa shape index (κ1) is 21.7. The van der Waals surface area contributed by atoms with Crippen molar-refractivity contribution in [2.45, 2.75) is 11.1 Å². The third kappa shape index (κ3) is 4.13. The van der Waals surface area contributed by atoms with Gasteiger partial charge in [0.2, 0.25) is 0 Å². The second-order valence-corrected chi connectivity index (χ2v) is 9.00. The number of furan rings is 1. The molecule has 0 spiro atoms. The van der Waals surface area contributed by atoms with Gasteiger partial charge in [0.25, 0.3) is 0 Å². The van der Waals surface area contributed by atoms with E-state index in [0.29, 0.717) is 22.6 Å². The molecule has 2 aromatic heterocycles. The van der Waals surface area contributed by atoms with Gasteiger partial charge in [-0.2, -0.15) is 18.3 Å². The first-order valence-corrected chi connectivity index (χ1v) is 11.2. The van der Waals surface area contributed by atoms with Crippen LogP contribution < -0.4 is 4.74 Å².